The van der Waals surface area contributed by atoms with E-state index in [1.165, 1.54) is 26.2 Å². The third-order valence-corrected chi connectivity index (χ3v) is 4.89. The van der Waals surface area contributed by atoms with Crippen LogP contribution in [0.25, 0.3) is 16.8 Å². The Morgan fingerprint density at radius 2 is 1.75 bits per heavy atom. The minimum atomic E-state index is -4.81. The number of alkyl halides is 3. The number of methoxy groups -OCH3 is 1. The molecule has 0 unspecified atom stereocenters. The van der Waals surface area contributed by atoms with Crippen LogP contribution in [0.1, 0.15) is 21.7 Å². The number of nitrogens with one attached hydrogen (secondary N) is 2. The van der Waals surface area contributed by atoms with Crippen LogP contribution in [0.3, 0.4) is 0 Å². The van der Waals surface area contributed by atoms with E-state index in [2.05, 4.69) is 15.4 Å². The second-order valence-electron chi connectivity index (χ2n) is 6.93. The van der Waals surface area contributed by atoms with Crippen molar-refractivity contribution in [3.05, 3.63) is 81.9 Å². The lowest BCUT2D eigenvalue weighted by Gasteiger charge is -2.11. The van der Waals surface area contributed by atoms with Gasteiger partial charge in [-0.1, -0.05) is 42.5 Å². The van der Waals surface area contributed by atoms with Crippen molar-refractivity contribution in [2.24, 2.45) is 0 Å². The lowest BCUT2D eigenvalue weighted by atomic mass is 10.1. The first-order valence-electron chi connectivity index (χ1n) is 9.45. The maximum Gasteiger partial charge on any atom is 0.435 e. The first-order valence-corrected chi connectivity index (χ1v) is 9.45. The minimum absolute atomic E-state index is 0.0979. The number of para-hydroxylation sites is 2. The fraction of sp³-hybridized carbons (Fsp3) is 0.136. The van der Waals surface area contributed by atoms with Crippen LogP contribution in [0.4, 0.5) is 18.9 Å². The Morgan fingerprint density at radius 3 is 2.41 bits per heavy atom. The third-order valence-electron chi connectivity index (χ3n) is 4.89. The number of amides is 1. The van der Waals surface area contributed by atoms with Gasteiger partial charge in [-0.2, -0.15) is 22.8 Å². The van der Waals surface area contributed by atoms with Gasteiger partial charge in [-0.05, 0) is 24.6 Å². The summed E-state index contributed by atoms with van der Waals surface area (Å²) < 4.78 is 47.0. The zero-order valence-electron chi connectivity index (χ0n) is 16.9. The third kappa shape index (κ3) is 3.59. The first kappa shape index (κ1) is 21.2. The summed E-state index contributed by atoms with van der Waals surface area (Å²) >= 11 is 0. The summed E-state index contributed by atoms with van der Waals surface area (Å²) in [7, 11) is 1.42. The number of rotatable bonds is 4. The summed E-state index contributed by atoms with van der Waals surface area (Å²) in [6.45, 7) is 1.44. The number of H-pyrrole nitrogens is 1. The molecule has 0 aliphatic carbocycles. The van der Waals surface area contributed by atoms with Gasteiger partial charge in [0, 0.05) is 5.69 Å². The molecule has 0 atom stereocenters. The standard InChI is InChI=1S/C22H17F3N4O3/c1-12-16(20(30)27-14-10-6-7-11-15(14)32-2)21(31)29-19(26-12)17(13-8-4-3-5-9-13)18(28-29)22(23,24)25/h3-11,26H,1-2H3,(H,27,30). The Balaban J connectivity index is 1.91. The van der Waals surface area contributed by atoms with E-state index in [-0.39, 0.29) is 28.0 Å². The van der Waals surface area contributed by atoms with Gasteiger partial charge >= 0.3 is 6.18 Å². The molecule has 32 heavy (non-hydrogen) atoms. The highest BCUT2D eigenvalue weighted by atomic mass is 19.4. The molecular weight excluding hydrogens is 425 g/mol. The van der Waals surface area contributed by atoms with E-state index in [9.17, 15) is 22.8 Å². The number of aromatic amines is 1. The number of carbonyl (C=O) groups is 1. The number of hydrogen-bond donors (Lipinski definition) is 2. The Morgan fingerprint density at radius 1 is 1.09 bits per heavy atom. The number of aryl methyl sites for hydroxylation is 1. The molecule has 0 saturated carbocycles. The molecule has 0 aliphatic heterocycles. The quantitative estimate of drug-likeness (QED) is 0.494. The number of fused-ring (bicyclic) bond motifs is 1. The van der Waals surface area contributed by atoms with Crippen molar-refractivity contribution in [1.29, 1.82) is 0 Å². The Kier molecular flexibility index (Phi) is 5.21. The fourth-order valence-electron chi connectivity index (χ4n) is 3.46. The molecule has 2 N–H and O–H groups in total. The molecule has 1 amide bonds. The van der Waals surface area contributed by atoms with E-state index in [0.717, 1.165) is 0 Å². The fourth-order valence-corrected chi connectivity index (χ4v) is 3.46. The van der Waals surface area contributed by atoms with Crippen LogP contribution >= 0.6 is 0 Å². The van der Waals surface area contributed by atoms with E-state index in [4.69, 9.17) is 4.74 Å². The van der Waals surface area contributed by atoms with Gasteiger partial charge in [-0.15, -0.1) is 0 Å². The number of hydrogen-bond acceptors (Lipinski definition) is 4. The Labute approximate surface area is 179 Å². The molecule has 7 nitrogen and oxygen atoms in total. The van der Waals surface area contributed by atoms with Crippen molar-refractivity contribution in [2.45, 2.75) is 13.1 Å². The monoisotopic (exact) mass is 442 g/mol. The molecule has 0 saturated heterocycles. The highest BCUT2D eigenvalue weighted by Gasteiger charge is 2.39. The van der Waals surface area contributed by atoms with E-state index < -0.39 is 23.3 Å². The van der Waals surface area contributed by atoms with Crippen molar-refractivity contribution in [3.8, 4) is 16.9 Å². The number of anilines is 1. The van der Waals surface area contributed by atoms with Gasteiger partial charge in [0.15, 0.2) is 5.69 Å². The first-order chi connectivity index (χ1) is 15.2. The number of aromatic nitrogens is 3. The lowest BCUT2D eigenvalue weighted by molar-refractivity contribution is -0.140. The summed E-state index contributed by atoms with van der Waals surface area (Å²) in [5, 5.41) is 6.09. The molecule has 0 fully saturated rings. The zero-order chi connectivity index (χ0) is 23.0. The van der Waals surface area contributed by atoms with Crippen molar-refractivity contribution in [1.82, 2.24) is 14.6 Å². The van der Waals surface area contributed by atoms with Gasteiger partial charge in [0.2, 0.25) is 0 Å². The predicted octanol–water partition coefficient (Wildman–Crippen LogP) is 4.28. The van der Waals surface area contributed by atoms with Crippen LogP contribution in [0, 0.1) is 6.92 Å². The van der Waals surface area contributed by atoms with Gasteiger partial charge < -0.3 is 15.0 Å². The van der Waals surface area contributed by atoms with E-state index in [0.29, 0.717) is 16.0 Å². The number of ether oxygens (including phenoxy) is 1. The lowest BCUT2D eigenvalue weighted by Crippen LogP contribution is -2.29. The Bertz CT molecular complexity index is 1380. The molecular formula is C22H17F3N4O3. The summed E-state index contributed by atoms with van der Waals surface area (Å²) in [5.74, 6) is -0.443. The normalized spacial score (nSPS) is 11.5. The highest BCUT2D eigenvalue weighted by Crippen LogP contribution is 2.38. The Hall–Kier alpha value is -4.08. The number of benzene rings is 2. The van der Waals surface area contributed by atoms with Crippen LogP contribution in [0.15, 0.2) is 59.4 Å². The molecule has 164 valence electrons. The number of halogens is 3. The maximum atomic E-state index is 13.7. The smallest absolute Gasteiger partial charge is 0.435 e. The van der Waals surface area contributed by atoms with Crippen LogP contribution < -0.4 is 15.6 Å². The van der Waals surface area contributed by atoms with Gasteiger partial charge in [-0.25, -0.2) is 0 Å². The summed E-state index contributed by atoms with van der Waals surface area (Å²) in [6.07, 6.45) is -4.81. The van der Waals surface area contributed by atoms with Gasteiger partial charge in [0.25, 0.3) is 11.5 Å². The molecule has 2 aromatic heterocycles. The average Bonchev–Trinajstić information content (AvgIpc) is 3.15. The molecule has 0 aliphatic rings. The van der Waals surface area contributed by atoms with Crippen LogP contribution in [0.2, 0.25) is 0 Å². The van der Waals surface area contributed by atoms with E-state index in [1.54, 1.807) is 42.5 Å². The van der Waals surface area contributed by atoms with Crippen molar-refractivity contribution in [3.63, 3.8) is 0 Å². The van der Waals surface area contributed by atoms with Crippen molar-refractivity contribution < 1.29 is 22.7 Å². The van der Waals surface area contributed by atoms with E-state index >= 15 is 0 Å². The van der Waals surface area contributed by atoms with Gasteiger partial charge in [-0.3, -0.25) is 9.59 Å². The molecule has 2 heterocycles. The summed E-state index contributed by atoms with van der Waals surface area (Å²) in [4.78, 5) is 28.7. The SMILES string of the molecule is COc1ccccc1NC(=O)c1c(C)[nH]c2c(-c3ccccc3)c(C(F)(F)F)nn2c1=O. The van der Waals surface area contributed by atoms with Crippen LogP contribution in [-0.4, -0.2) is 27.6 Å². The van der Waals surface area contributed by atoms with E-state index in [1.807, 2.05) is 0 Å². The molecule has 2 aromatic carbocycles. The second kappa shape index (κ2) is 7.88. The summed E-state index contributed by atoms with van der Waals surface area (Å²) in [5.41, 5.74) is -2.35. The zero-order valence-corrected chi connectivity index (χ0v) is 16.9. The van der Waals surface area contributed by atoms with Crippen molar-refractivity contribution in [2.75, 3.05) is 12.4 Å². The second-order valence-corrected chi connectivity index (χ2v) is 6.93. The minimum Gasteiger partial charge on any atom is -0.495 e. The largest absolute Gasteiger partial charge is 0.495 e. The molecule has 0 spiro atoms. The highest BCUT2D eigenvalue weighted by molar-refractivity contribution is 6.05. The average molecular weight is 442 g/mol. The predicted molar refractivity (Wildman–Crippen MR) is 112 cm³/mol. The summed E-state index contributed by atoms with van der Waals surface area (Å²) in [6, 6.07) is 14.4. The van der Waals surface area contributed by atoms with Crippen LogP contribution in [-0.2, 0) is 6.18 Å². The molecule has 0 radical (unpaired) electrons. The van der Waals surface area contributed by atoms with Crippen molar-refractivity contribution >= 4 is 17.2 Å². The molecule has 4 aromatic rings. The molecule has 10 heteroatoms. The molecule has 0 bridgehead atoms. The number of nitrogens with zero attached hydrogens (tertiary/aromatic N) is 2. The maximum absolute atomic E-state index is 13.7. The topological polar surface area (TPSA) is 88.5 Å². The van der Waals surface area contributed by atoms with Gasteiger partial charge in [0.1, 0.15) is 17.0 Å². The number of carbonyl (C=O) groups excluding carboxylic acids is 1. The van der Waals surface area contributed by atoms with Gasteiger partial charge in [0.05, 0.1) is 18.4 Å². The molecule has 4 rings (SSSR count). The van der Waals surface area contributed by atoms with Crippen LogP contribution in [0.5, 0.6) is 5.75 Å².